The van der Waals surface area contributed by atoms with Crippen molar-refractivity contribution in [1.29, 1.82) is 0 Å². The van der Waals surface area contributed by atoms with E-state index in [1.165, 1.54) is 16.0 Å². The van der Waals surface area contributed by atoms with Gasteiger partial charge in [-0.3, -0.25) is 9.20 Å². The van der Waals surface area contributed by atoms with Crippen molar-refractivity contribution in [2.75, 3.05) is 24.9 Å². The van der Waals surface area contributed by atoms with Gasteiger partial charge in [-0.1, -0.05) is 6.07 Å². The summed E-state index contributed by atoms with van der Waals surface area (Å²) in [6, 6.07) is 16.0. The van der Waals surface area contributed by atoms with E-state index >= 15 is 0 Å². The molecule has 0 amide bonds. The van der Waals surface area contributed by atoms with Crippen LogP contribution >= 0.6 is 11.3 Å². The summed E-state index contributed by atoms with van der Waals surface area (Å²) >= 11 is 1.72. The molecule has 0 bridgehead atoms. The van der Waals surface area contributed by atoms with Crippen molar-refractivity contribution in [3.8, 4) is 16.2 Å². The topological polar surface area (TPSA) is 41.9 Å². The first kappa shape index (κ1) is 17.9. The van der Waals surface area contributed by atoms with Gasteiger partial charge in [-0.25, -0.2) is 0 Å². The highest BCUT2D eigenvalue weighted by Gasteiger charge is 2.14. The average Bonchev–Trinajstić information content (AvgIpc) is 3.04. The van der Waals surface area contributed by atoms with E-state index in [1.807, 2.05) is 36.4 Å². The molecule has 4 nitrogen and oxygen atoms in total. The van der Waals surface area contributed by atoms with Crippen LogP contribution in [0.2, 0.25) is 0 Å². The summed E-state index contributed by atoms with van der Waals surface area (Å²) in [5, 5.41) is 1.15. The number of ether oxygens (including phenoxy) is 1. The van der Waals surface area contributed by atoms with E-state index in [0.29, 0.717) is 6.67 Å². The van der Waals surface area contributed by atoms with Gasteiger partial charge in [0.05, 0.1) is 7.11 Å². The molecule has 27 heavy (non-hydrogen) atoms. The Bertz CT molecular complexity index is 1130. The van der Waals surface area contributed by atoms with Crippen LogP contribution in [0.3, 0.4) is 0 Å². The molecule has 0 saturated carbocycles. The molecule has 1 aliphatic rings. The normalized spacial score (nSPS) is 14.1. The van der Waals surface area contributed by atoms with Crippen molar-refractivity contribution in [2.24, 2.45) is 4.99 Å². The van der Waals surface area contributed by atoms with Crippen LogP contribution in [-0.4, -0.2) is 24.2 Å². The van der Waals surface area contributed by atoms with Gasteiger partial charge in [-0.05, 0) is 60.5 Å². The standard InChI is InChI=1S/C21H20N2O2S2/c1-14-19-12-23(16-5-4-6-18(11-16)27(3)24)13-22-21(19)26-20(14)15-7-9-17(25-2)10-8-15/h4-12H,13H2,1-3H3. The van der Waals surface area contributed by atoms with E-state index in [2.05, 4.69) is 30.2 Å². The molecule has 1 aliphatic heterocycles. The maximum Gasteiger partial charge on any atom is 0.122 e. The highest BCUT2D eigenvalue weighted by atomic mass is 32.2. The van der Waals surface area contributed by atoms with E-state index in [0.717, 1.165) is 26.2 Å². The second-order valence-electron chi connectivity index (χ2n) is 6.35. The van der Waals surface area contributed by atoms with Crippen LogP contribution in [0.4, 0.5) is 5.69 Å². The van der Waals surface area contributed by atoms with Gasteiger partial charge in [0.25, 0.3) is 0 Å². The summed E-state index contributed by atoms with van der Waals surface area (Å²) in [5.74, 6) is 0.855. The number of anilines is 1. The summed E-state index contributed by atoms with van der Waals surface area (Å²) in [7, 11) is 0.680. The molecule has 1 aromatic heterocycles. The highest BCUT2D eigenvalue weighted by Crippen LogP contribution is 2.27. The zero-order valence-electron chi connectivity index (χ0n) is 15.4. The Balaban J connectivity index is 1.75. The molecule has 1 atom stereocenters. The van der Waals surface area contributed by atoms with Crippen LogP contribution in [0.25, 0.3) is 16.6 Å². The lowest BCUT2D eigenvalue weighted by atomic mass is 10.1. The third kappa shape index (κ3) is 3.42. The van der Waals surface area contributed by atoms with Crippen LogP contribution < -0.4 is 19.5 Å². The van der Waals surface area contributed by atoms with Gasteiger partial charge < -0.3 is 9.64 Å². The number of nitrogens with zero attached hydrogens (tertiary/aromatic N) is 2. The minimum atomic E-state index is -0.996. The summed E-state index contributed by atoms with van der Waals surface area (Å²) in [6.07, 6.45) is 3.85. The third-order valence-corrected chi connectivity index (χ3v) is 6.86. The molecule has 2 aromatic carbocycles. The predicted molar refractivity (Wildman–Crippen MR) is 112 cm³/mol. The number of rotatable bonds is 4. The van der Waals surface area contributed by atoms with Crippen LogP contribution in [-0.2, 0) is 10.8 Å². The molecular formula is C21H20N2O2S2. The Labute approximate surface area is 164 Å². The van der Waals surface area contributed by atoms with Crippen molar-refractivity contribution in [2.45, 2.75) is 11.8 Å². The summed E-state index contributed by atoms with van der Waals surface area (Å²) in [4.78, 5) is 8.94. The first-order valence-corrected chi connectivity index (χ1v) is 10.9. The summed E-state index contributed by atoms with van der Waals surface area (Å²) in [6.45, 7) is 2.71. The molecule has 4 rings (SSSR count). The average molecular weight is 397 g/mol. The number of thiophene rings is 1. The SMILES string of the molecule is COc1ccc(-c2sc3c(c2C)=CN(c2cccc(S(C)=O)c2)CN=3)cc1. The van der Waals surface area contributed by atoms with Crippen LogP contribution in [0, 0.1) is 6.92 Å². The monoisotopic (exact) mass is 396 g/mol. The Kier molecular flexibility index (Phi) is 4.85. The molecule has 0 aliphatic carbocycles. The molecule has 3 aromatic rings. The van der Waals surface area contributed by atoms with Crippen LogP contribution in [0.5, 0.6) is 5.75 Å². The fraction of sp³-hybridized carbons (Fsp3) is 0.190. The lowest BCUT2D eigenvalue weighted by molar-refractivity contribution is 0.415. The van der Waals surface area contributed by atoms with Crippen molar-refractivity contribution in [3.05, 3.63) is 64.0 Å². The number of hydrogen-bond acceptors (Lipinski definition) is 5. The minimum absolute atomic E-state index is 0.564. The highest BCUT2D eigenvalue weighted by molar-refractivity contribution is 7.84. The molecule has 0 fully saturated rings. The smallest absolute Gasteiger partial charge is 0.122 e. The molecule has 6 heteroatoms. The second kappa shape index (κ2) is 7.29. The van der Waals surface area contributed by atoms with Crippen LogP contribution in [0.15, 0.2) is 58.4 Å². The zero-order valence-corrected chi connectivity index (χ0v) is 17.1. The van der Waals surface area contributed by atoms with Gasteiger partial charge in [0.15, 0.2) is 0 Å². The Morgan fingerprint density at radius 2 is 1.96 bits per heavy atom. The molecular weight excluding hydrogens is 376 g/mol. The van der Waals surface area contributed by atoms with Gasteiger partial charge in [0, 0.05) is 43.9 Å². The molecule has 0 saturated heterocycles. The van der Waals surface area contributed by atoms with Crippen molar-refractivity contribution >= 4 is 34.0 Å². The van der Waals surface area contributed by atoms with Crippen molar-refractivity contribution < 1.29 is 8.95 Å². The van der Waals surface area contributed by atoms with Crippen molar-refractivity contribution in [3.63, 3.8) is 0 Å². The number of fused-ring (bicyclic) bond motifs is 1. The van der Waals surface area contributed by atoms with E-state index in [9.17, 15) is 4.21 Å². The predicted octanol–water partition coefficient (Wildman–Crippen LogP) is 3.30. The quantitative estimate of drug-likeness (QED) is 0.680. The molecule has 0 radical (unpaired) electrons. The zero-order chi connectivity index (χ0) is 19.0. The van der Waals surface area contributed by atoms with Gasteiger partial charge in [-0.15, -0.1) is 11.3 Å². The summed E-state index contributed by atoms with van der Waals surface area (Å²) in [5.41, 5.74) is 3.41. The van der Waals surface area contributed by atoms with Crippen molar-refractivity contribution in [1.82, 2.24) is 0 Å². The van der Waals surface area contributed by atoms with E-state index in [4.69, 9.17) is 9.73 Å². The molecule has 138 valence electrons. The molecule has 0 spiro atoms. The van der Waals surface area contributed by atoms with Crippen LogP contribution in [0.1, 0.15) is 5.56 Å². The number of methoxy groups -OCH3 is 1. The number of benzene rings is 2. The second-order valence-corrected chi connectivity index (χ2v) is 8.73. The van der Waals surface area contributed by atoms with E-state index in [-0.39, 0.29) is 0 Å². The molecule has 2 heterocycles. The van der Waals surface area contributed by atoms with Gasteiger partial charge in [0.1, 0.15) is 17.1 Å². The first-order valence-electron chi connectivity index (χ1n) is 8.57. The molecule has 0 N–H and O–H groups in total. The summed E-state index contributed by atoms with van der Waals surface area (Å²) < 4.78 is 18.1. The lowest BCUT2D eigenvalue weighted by Crippen LogP contribution is -2.34. The maximum atomic E-state index is 11.8. The van der Waals surface area contributed by atoms with Gasteiger partial charge in [0.2, 0.25) is 0 Å². The van der Waals surface area contributed by atoms with E-state index < -0.39 is 10.8 Å². The Morgan fingerprint density at radius 3 is 2.67 bits per heavy atom. The first-order chi connectivity index (χ1) is 13.1. The van der Waals surface area contributed by atoms with Gasteiger partial charge in [-0.2, -0.15) is 0 Å². The molecule has 1 unspecified atom stereocenters. The Hall–Kier alpha value is -2.44. The Morgan fingerprint density at radius 1 is 1.19 bits per heavy atom. The largest absolute Gasteiger partial charge is 0.497 e. The fourth-order valence-electron chi connectivity index (χ4n) is 3.13. The fourth-order valence-corrected chi connectivity index (χ4v) is 4.84. The van der Waals surface area contributed by atoms with Gasteiger partial charge >= 0.3 is 0 Å². The third-order valence-electron chi connectivity index (χ3n) is 4.66. The maximum absolute atomic E-state index is 11.8. The minimum Gasteiger partial charge on any atom is -0.497 e. The lowest BCUT2D eigenvalue weighted by Gasteiger charge is -2.20. The van der Waals surface area contributed by atoms with E-state index in [1.54, 1.807) is 24.7 Å². The number of hydrogen-bond donors (Lipinski definition) is 0.